The highest BCUT2D eigenvalue weighted by atomic mass is 16.5. The van der Waals surface area contributed by atoms with Crippen molar-refractivity contribution in [2.45, 2.75) is 0 Å². The highest BCUT2D eigenvalue weighted by Crippen LogP contribution is 2.18. The van der Waals surface area contributed by atoms with Crippen molar-refractivity contribution in [1.29, 1.82) is 0 Å². The molecule has 180 valence electrons. The van der Waals surface area contributed by atoms with Crippen molar-refractivity contribution in [2.75, 3.05) is 43.3 Å². The largest absolute Gasteiger partial charge is 0.497 e. The molecule has 3 aromatic rings. The monoisotopic (exact) mass is 473 g/mol. The van der Waals surface area contributed by atoms with Crippen LogP contribution in [0.1, 0.15) is 15.9 Å². The van der Waals surface area contributed by atoms with Crippen molar-refractivity contribution in [3.05, 3.63) is 90.0 Å². The zero-order valence-electron chi connectivity index (χ0n) is 19.8. The maximum atomic E-state index is 12.6. The fourth-order valence-electron chi connectivity index (χ4n) is 3.08. The first-order valence-electron chi connectivity index (χ1n) is 10.8. The SMILES string of the molecule is COc1ccc(C=CC(=O)Nc2ccccc2C(=O)OCC(=O)Nc2ccc(N(C)C)cc2)cc1. The molecule has 0 bridgehead atoms. The molecule has 0 aliphatic carbocycles. The first kappa shape index (κ1) is 25.0. The van der Waals surface area contributed by atoms with Crippen molar-refractivity contribution in [3.8, 4) is 5.75 Å². The first-order chi connectivity index (χ1) is 16.9. The molecule has 3 rings (SSSR count). The number of para-hydroxylation sites is 1. The van der Waals surface area contributed by atoms with Crippen LogP contribution in [0.5, 0.6) is 5.75 Å². The summed E-state index contributed by atoms with van der Waals surface area (Å²) in [5, 5.41) is 5.35. The average Bonchev–Trinajstić information content (AvgIpc) is 2.87. The Labute approximate surface area is 204 Å². The molecule has 2 N–H and O–H groups in total. The van der Waals surface area contributed by atoms with E-state index in [9.17, 15) is 14.4 Å². The fraction of sp³-hybridized carbons (Fsp3) is 0.148. The van der Waals surface area contributed by atoms with Gasteiger partial charge >= 0.3 is 5.97 Å². The molecule has 8 heteroatoms. The van der Waals surface area contributed by atoms with Gasteiger partial charge in [0.25, 0.3) is 5.91 Å². The minimum Gasteiger partial charge on any atom is -0.497 e. The number of benzene rings is 3. The van der Waals surface area contributed by atoms with Crippen LogP contribution in [0.15, 0.2) is 78.9 Å². The molecule has 3 aromatic carbocycles. The summed E-state index contributed by atoms with van der Waals surface area (Å²) in [6.45, 7) is -0.464. The molecule has 0 fully saturated rings. The van der Waals surface area contributed by atoms with Gasteiger partial charge in [0.05, 0.1) is 18.4 Å². The Morgan fingerprint density at radius 2 is 1.57 bits per heavy atom. The van der Waals surface area contributed by atoms with Crippen molar-refractivity contribution >= 4 is 40.9 Å². The van der Waals surface area contributed by atoms with Gasteiger partial charge in [0.1, 0.15) is 5.75 Å². The van der Waals surface area contributed by atoms with Crippen LogP contribution in [-0.4, -0.2) is 45.6 Å². The molecular weight excluding hydrogens is 446 g/mol. The van der Waals surface area contributed by atoms with Crippen molar-refractivity contribution in [1.82, 2.24) is 0 Å². The lowest BCUT2D eigenvalue weighted by Crippen LogP contribution is -2.22. The van der Waals surface area contributed by atoms with E-state index < -0.39 is 24.4 Å². The van der Waals surface area contributed by atoms with E-state index >= 15 is 0 Å². The van der Waals surface area contributed by atoms with Crippen LogP contribution in [0, 0.1) is 0 Å². The Morgan fingerprint density at radius 1 is 0.886 bits per heavy atom. The van der Waals surface area contributed by atoms with Gasteiger partial charge in [-0.1, -0.05) is 24.3 Å². The molecule has 0 aliphatic rings. The number of ether oxygens (including phenoxy) is 2. The van der Waals surface area contributed by atoms with E-state index in [1.165, 1.54) is 12.1 Å². The Morgan fingerprint density at radius 3 is 2.23 bits per heavy atom. The Kier molecular flexibility index (Phi) is 8.61. The first-order valence-corrected chi connectivity index (χ1v) is 10.8. The summed E-state index contributed by atoms with van der Waals surface area (Å²) in [6.07, 6.45) is 3.00. The third-order valence-electron chi connectivity index (χ3n) is 4.95. The number of rotatable bonds is 9. The summed E-state index contributed by atoms with van der Waals surface area (Å²) in [6, 6.07) is 20.9. The van der Waals surface area contributed by atoms with Crippen LogP contribution in [-0.2, 0) is 14.3 Å². The molecule has 8 nitrogen and oxygen atoms in total. The molecule has 2 amide bonds. The third kappa shape index (κ3) is 7.46. The number of anilines is 3. The van der Waals surface area contributed by atoms with Gasteiger partial charge in [-0.15, -0.1) is 0 Å². The third-order valence-corrected chi connectivity index (χ3v) is 4.95. The molecule has 0 unspecified atom stereocenters. The molecule has 0 aromatic heterocycles. The molecule has 0 saturated carbocycles. The number of hydrogen-bond donors (Lipinski definition) is 2. The fourth-order valence-corrected chi connectivity index (χ4v) is 3.08. The molecule has 0 saturated heterocycles. The second-order valence-electron chi connectivity index (χ2n) is 7.71. The molecule has 0 atom stereocenters. The minimum absolute atomic E-state index is 0.141. The minimum atomic E-state index is -0.724. The quantitative estimate of drug-likeness (QED) is 0.357. The molecule has 0 radical (unpaired) electrons. The van der Waals surface area contributed by atoms with Gasteiger partial charge in [0.15, 0.2) is 6.61 Å². The maximum absolute atomic E-state index is 12.6. The van der Waals surface area contributed by atoms with Gasteiger partial charge in [-0.2, -0.15) is 0 Å². The normalized spacial score (nSPS) is 10.5. The summed E-state index contributed by atoms with van der Waals surface area (Å²) in [5.41, 5.74) is 2.82. The summed E-state index contributed by atoms with van der Waals surface area (Å²) >= 11 is 0. The number of hydrogen-bond acceptors (Lipinski definition) is 6. The molecule has 35 heavy (non-hydrogen) atoms. The molecular formula is C27H27N3O5. The predicted molar refractivity (Wildman–Crippen MR) is 137 cm³/mol. The van der Waals surface area contributed by atoms with Gasteiger partial charge in [-0.05, 0) is 60.2 Å². The molecule has 0 heterocycles. The second-order valence-corrected chi connectivity index (χ2v) is 7.71. The average molecular weight is 474 g/mol. The van der Waals surface area contributed by atoms with E-state index in [2.05, 4.69) is 10.6 Å². The van der Waals surface area contributed by atoms with Gasteiger partial charge in [-0.3, -0.25) is 9.59 Å². The van der Waals surface area contributed by atoms with Gasteiger partial charge in [0.2, 0.25) is 5.91 Å². The summed E-state index contributed by atoms with van der Waals surface area (Å²) in [7, 11) is 5.42. The van der Waals surface area contributed by atoms with Gasteiger partial charge in [0, 0.05) is 31.5 Å². The van der Waals surface area contributed by atoms with Crippen molar-refractivity contribution in [2.24, 2.45) is 0 Å². The number of nitrogens with zero attached hydrogens (tertiary/aromatic N) is 1. The Bertz CT molecular complexity index is 1200. The summed E-state index contributed by atoms with van der Waals surface area (Å²) in [4.78, 5) is 39.1. The van der Waals surface area contributed by atoms with E-state index in [1.807, 2.05) is 43.3 Å². The second kappa shape index (κ2) is 12.0. The van der Waals surface area contributed by atoms with Gasteiger partial charge < -0.3 is 25.0 Å². The lowest BCUT2D eigenvalue weighted by Gasteiger charge is -2.13. The van der Waals surface area contributed by atoms with Crippen LogP contribution in [0.25, 0.3) is 6.08 Å². The zero-order valence-corrected chi connectivity index (χ0v) is 19.8. The highest BCUT2D eigenvalue weighted by molar-refractivity contribution is 6.06. The smallest absolute Gasteiger partial charge is 0.340 e. The Hall–Kier alpha value is -4.59. The summed E-state index contributed by atoms with van der Waals surface area (Å²) < 4.78 is 10.3. The van der Waals surface area contributed by atoms with Crippen LogP contribution >= 0.6 is 0 Å². The summed E-state index contributed by atoms with van der Waals surface area (Å²) in [5.74, 6) is -0.895. The lowest BCUT2D eigenvalue weighted by molar-refractivity contribution is -0.119. The van der Waals surface area contributed by atoms with Crippen LogP contribution in [0.4, 0.5) is 17.1 Å². The van der Waals surface area contributed by atoms with E-state index in [0.717, 1.165) is 17.0 Å². The number of carbonyl (C=O) groups is 3. The van der Waals surface area contributed by atoms with Crippen LogP contribution in [0.3, 0.4) is 0 Å². The predicted octanol–water partition coefficient (Wildman–Crippen LogP) is 4.21. The zero-order chi connectivity index (χ0) is 25.2. The molecule has 0 spiro atoms. The highest BCUT2D eigenvalue weighted by Gasteiger charge is 2.15. The van der Waals surface area contributed by atoms with Crippen molar-refractivity contribution in [3.63, 3.8) is 0 Å². The van der Waals surface area contributed by atoms with E-state index in [0.29, 0.717) is 5.69 Å². The maximum Gasteiger partial charge on any atom is 0.340 e. The van der Waals surface area contributed by atoms with E-state index in [-0.39, 0.29) is 11.3 Å². The molecule has 0 aliphatic heterocycles. The Balaban J connectivity index is 1.56. The van der Waals surface area contributed by atoms with Crippen LogP contribution in [0.2, 0.25) is 0 Å². The topological polar surface area (TPSA) is 97.0 Å². The number of carbonyl (C=O) groups excluding carboxylic acids is 3. The number of methoxy groups -OCH3 is 1. The number of amides is 2. The van der Waals surface area contributed by atoms with E-state index in [1.54, 1.807) is 55.7 Å². The van der Waals surface area contributed by atoms with E-state index in [4.69, 9.17) is 9.47 Å². The van der Waals surface area contributed by atoms with Crippen molar-refractivity contribution < 1.29 is 23.9 Å². The lowest BCUT2D eigenvalue weighted by atomic mass is 10.1. The van der Waals surface area contributed by atoms with Gasteiger partial charge in [-0.25, -0.2) is 4.79 Å². The van der Waals surface area contributed by atoms with Crippen LogP contribution < -0.4 is 20.3 Å². The standard InChI is InChI=1S/C27H27N3O5/c1-30(2)21-13-11-20(12-14-21)28-26(32)18-35-27(33)23-6-4-5-7-24(23)29-25(31)17-10-19-8-15-22(34-3)16-9-19/h4-17H,18H2,1-3H3,(H,28,32)(H,29,31). The number of nitrogens with one attached hydrogen (secondary N) is 2. The number of esters is 1.